The van der Waals surface area contributed by atoms with Crippen LogP contribution in [0, 0.1) is 0 Å². The van der Waals surface area contributed by atoms with Crippen LogP contribution in [0.4, 0.5) is 0 Å². The lowest BCUT2D eigenvalue weighted by atomic mass is 10.3. The molecule has 2 heterocycles. The van der Waals surface area contributed by atoms with Crippen LogP contribution in [0.2, 0.25) is 0 Å². The van der Waals surface area contributed by atoms with Crippen molar-refractivity contribution in [3.63, 3.8) is 0 Å². The molecule has 4 heteroatoms. The van der Waals surface area contributed by atoms with E-state index >= 15 is 0 Å². The maximum absolute atomic E-state index is 5.40. The van der Waals surface area contributed by atoms with Crippen molar-refractivity contribution in [2.24, 2.45) is 5.73 Å². The molecule has 0 radical (unpaired) electrons. The normalized spacial score (nSPS) is 10.5. The monoisotopic (exact) mass is 194 g/mol. The van der Waals surface area contributed by atoms with E-state index in [0.717, 1.165) is 4.70 Å². The zero-order chi connectivity index (χ0) is 9.10. The van der Waals surface area contributed by atoms with Crippen molar-refractivity contribution in [1.29, 1.82) is 0 Å². The number of nitrogens with zero attached hydrogens (tertiary/aromatic N) is 1. The molecule has 0 unspecified atom stereocenters. The topological polar surface area (TPSA) is 48.1 Å². The second-order valence-corrected chi connectivity index (χ2v) is 3.51. The first-order chi connectivity index (χ1) is 6.42. The van der Waals surface area contributed by atoms with E-state index in [9.17, 15) is 0 Å². The number of ether oxygens (including phenoxy) is 1. The number of fused-ring (bicyclic) bond motifs is 1. The molecule has 0 aromatic carbocycles. The Bertz CT molecular complexity index is 399. The van der Waals surface area contributed by atoms with Gasteiger partial charge in [0.2, 0.25) is 5.88 Å². The van der Waals surface area contributed by atoms with Crippen molar-refractivity contribution < 1.29 is 4.74 Å². The molecule has 0 aliphatic carbocycles. The van der Waals surface area contributed by atoms with Crippen molar-refractivity contribution in [2.75, 3.05) is 13.2 Å². The van der Waals surface area contributed by atoms with Crippen LogP contribution in [0.1, 0.15) is 0 Å². The van der Waals surface area contributed by atoms with Gasteiger partial charge in [0.15, 0.2) is 0 Å². The lowest BCUT2D eigenvalue weighted by molar-refractivity contribution is 0.320. The Hall–Kier alpha value is -1.13. The van der Waals surface area contributed by atoms with Crippen molar-refractivity contribution in [2.45, 2.75) is 0 Å². The largest absolute Gasteiger partial charge is 0.475 e. The zero-order valence-corrected chi connectivity index (χ0v) is 7.88. The SMILES string of the molecule is NCCOc1nccc2ccsc12. The average Bonchev–Trinajstić information content (AvgIpc) is 2.62. The molecule has 13 heavy (non-hydrogen) atoms. The molecule has 0 fully saturated rings. The molecule has 0 saturated carbocycles. The van der Waals surface area contributed by atoms with Gasteiger partial charge in [-0.15, -0.1) is 11.3 Å². The van der Waals surface area contributed by atoms with E-state index in [4.69, 9.17) is 10.5 Å². The molecule has 2 aromatic rings. The number of rotatable bonds is 3. The first-order valence-electron chi connectivity index (χ1n) is 4.07. The molecule has 0 saturated heterocycles. The summed E-state index contributed by atoms with van der Waals surface area (Å²) >= 11 is 1.64. The lowest BCUT2D eigenvalue weighted by Gasteiger charge is -2.03. The van der Waals surface area contributed by atoms with Gasteiger partial charge >= 0.3 is 0 Å². The number of nitrogens with two attached hydrogens (primary N) is 1. The van der Waals surface area contributed by atoms with Crippen LogP contribution in [0.3, 0.4) is 0 Å². The summed E-state index contributed by atoms with van der Waals surface area (Å²) in [4.78, 5) is 4.15. The molecule has 0 atom stereocenters. The highest BCUT2D eigenvalue weighted by Gasteiger charge is 2.03. The molecule has 0 amide bonds. The van der Waals surface area contributed by atoms with Crippen LogP contribution >= 0.6 is 11.3 Å². The molecule has 2 rings (SSSR count). The van der Waals surface area contributed by atoms with Gasteiger partial charge in [0.1, 0.15) is 6.61 Å². The lowest BCUT2D eigenvalue weighted by Crippen LogP contribution is -2.11. The summed E-state index contributed by atoms with van der Waals surface area (Å²) in [7, 11) is 0. The van der Waals surface area contributed by atoms with Crippen LogP contribution in [0.5, 0.6) is 5.88 Å². The smallest absolute Gasteiger partial charge is 0.231 e. The van der Waals surface area contributed by atoms with Gasteiger partial charge in [-0.25, -0.2) is 4.98 Å². The van der Waals surface area contributed by atoms with Crippen molar-refractivity contribution in [3.8, 4) is 5.88 Å². The summed E-state index contributed by atoms with van der Waals surface area (Å²) in [5.74, 6) is 0.693. The van der Waals surface area contributed by atoms with Crippen molar-refractivity contribution in [3.05, 3.63) is 23.7 Å². The Kier molecular flexibility index (Phi) is 2.42. The minimum Gasteiger partial charge on any atom is -0.475 e. The first kappa shape index (κ1) is 8.47. The van der Waals surface area contributed by atoms with E-state index in [-0.39, 0.29) is 0 Å². The summed E-state index contributed by atoms with van der Waals surface area (Å²) in [5.41, 5.74) is 5.35. The number of pyridine rings is 1. The molecule has 2 N–H and O–H groups in total. The highest BCUT2D eigenvalue weighted by atomic mass is 32.1. The third kappa shape index (κ3) is 1.64. The number of hydrogen-bond acceptors (Lipinski definition) is 4. The fourth-order valence-corrected chi connectivity index (χ4v) is 1.96. The Morgan fingerprint density at radius 3 is 3.23 bits per heavy atom. The van der Waals surface area contributed by atoms with Gasteiger partial charge in [-0.2, -0.15) is 0 Å². The summed E-state index contributed by atoms with van der Waals surface area (Å²) < 4.78 is 6.49. The molecule has 68 valence electrons. The Morgan fingerprint density at radius 2 is 2.38 bits per heavy atom. The Morgan fingerprint density at radius 1 is 1.46 bits per heavy atom. The number of thiophene rings is 1. The molecular formula is C9H10N2OS. The second kappa shape index (κ2) is 3.72. The van der Waals surface area contributed by atoms with Gasteiger partial charge in [0.05, 0.1) is 4.70 Å². The third-order valence-corrected chi connectivity index (χ3v) is 2.61. The van der Waals surface area contributed by atoms with Gasteiger partial charge in [-0.3, -0.25) is 0 Å². The van der Waals surface area contributed by atoms with Crippen LogP contribution in [0.25, 0.3) is 10.1 Å². The van der Waals surface area contributed by atoms with E-state index in [1.54, 1.807) is 17.5 Å². The van der Waals surface area contributed by atoms with Crippen LogP contribution in [-0.2, 0) is 0 Å². The van der Waals surface area contributed by atoms with E-state index in [1.807, 2.05) is 11.4 Å². The van der Waals surface area contributed by atoms with Crippen molar-refractivity contribution >= 4 is 21.4 Å². The predicted octanol–water partition coefficient (Wildman–Crippen LogP) is 1.63. The van der Waals surface area contributed by atoms with Crippen LogP contribution in [-0.4, -0.2) is 18.1 Å². The van der Waals surface area contributed by atoms with E-state index in [2.05, 4.69) is 11.1 Å². The van der Waals surface area contributed by atoms with E-state index in [1.165, 1.54) is 5.39 Å². The van der Waals surface area contributed by atoms with Gasteiger partial charge in [0.25, 0.3) is 0 Å². The zero-order valence-electron chi connectivity index (χ0n) is 7.06. The molecule has 0 bridgehead atoms. The Labute approximate surface area is 80.2 Å². The molecule has 0 spiro atoms. The molecule has 3 nitrogen and oxygen atoms in total. The summed E-state index contributed by atoms with van der Waals surface area (Å²) in [6.45, 7) is 1.04. The van der Waals surface area contributed by atoms with Crippen LogP contribution < -0.4 is 10.5 Å². The third-order valence-electron chi connectivity index (χ3n) is 1.69. The van der Waals surface area contributed by atoms with Crippen molar-refractivity contribution in [1.82, 2.24) is 4.98 Å². The quantitative estimate of drug-likeness (QED) is 0.808. The standard InChI is InChI=1S/C9H10N2OS/c10-3-5-12-9-8-7(1-4-11-9)2-6-13-8/h1-2,4,6H,3,5,10H2. The maximum Gasteiger partial charge on any atom is 0.231 e. The summed E-state index contributed by atoms with van der Waals surface area (Å²) in [6, 6.07) is 4.03. The number of hydrogen-bond donors (Lipinski definition) is 1. The maximum atomic E-state index is 5.40. The van der Waals surface area contributed by atoms with Gasteiger partial charge in [-0.1, -0.05) is 0 Å². The molecule has 2 aromatic heterocycles. The minimum atomic E-state index is 0.517. The van der Waals surface area contributed by atoms with Crippen LogP contribution in [0.15, 0.2) is 23.7 Å². The van der Waals surface area contributed by atoms with Gasteiger partial charge in [0, 0.05) is 12.7 Å². The second-order valence-electron chi connectivity index (χ2n) is 2.59. The molecule has 0 aliphatic heterocycles. The van der Waals surface area contributed by atoms with Gasteiger partial charge < -0.3 is 10.5 Å². The van der Waals surface area contributed by atoms with Gasteiger partial charge in [-0.05, 0) is 22.9 Å². The molecular weight excluding hydrogens is 184 g/mol. The van der Waals surface area contributed by atoms with E-state index in [0.29, 0.717) is 19.0 Å². The molecule has 0 aliphatic rings. The summed E-state index contributed by atoms with van der Waals surface area (Å²) in [5, 5.41) is 3.20. The predicted molar refractivity (Wildman–Crippen MR) is 54.2 cm³/mol. The minimum absolute atomic E-state index is 0.517. The number of aromatic nitrogens is 1. The highest BCUT2D eigenvalue weighted by Crippen LogP contribution is 2.27. The first-order valence-corrected chi connectivity index (χ1v) is 4.95. The Balaban J connectivity index is 2.37. The van der Waals surface area contributed by atoms with E-state index < -0.39 is 0 Å². The summed E-state index contributed by atoms with van der Waals surface area (Å²) in [6.07, 6.45) is 1.75. The fraction of sp³-hybridized carbons (Fsp3) is 0.222. The highest BCUT2D eigenvalue weighted by molar-refractivity contribution is 7.17. The fourth-order valence-electron chi connectivity index (χ4n) is 1.13. The average molecular weight is 194 g/mol.